The zero-order chi connectivity index (χ0) is 16.2. The Balaban J connectivity index is 1.98. The van der Waals surface area contributed by atoms with E-state index in [1.807, 2.05) is 0 Å². The molecule has 0 bridgehead atoms. The highest BCUT2D eigenvalue weighted by molar-refractivity contribution is 6.31. The molecule has 0 atom stereocenters. The minimum absolute atomic E-state index is 0.194. The van der Waals surface area contributed by atoms with Crippen molar-refractivity contribution in [2.75, 3.05) is 5.32 Å². The number of hydrogen-bond acceptors (Lipinski definition) is 2. The summed E-state index contributed by atoms with van der Waals surface area (Å²) in [5.74, 6) is -0.554. The largest absolute Gasteiger partial charge is 0.352 e. The highest BCUT2D eigenvalue weighted by Crippen LogP contribution is 2.23. The Hall–Kier alpha value is -1.55. The average Bonchev–Trinajstić information content (AvgIpc) is 2.48. The van der Waals surface area contributed by atoms with E-state index in [-0.39, 0.29) is 17.9 Å². The van der Waals surface area contributed by atoms with Crippen molar-refractivity contribution in [1.82, 2.24) is 5.32 Å². The van der Waals surface area contributed by atoms with Crippen LogP contribution in [0.5, 0.6) is 0 Å². The van der Waals surface area contributed by atoms with Crippen LogP contribution in [0.2, 0.25) is 5.02 Å². The van der Waals surface area contributed by atoms with Gasteiger partial charge in [-0.25, -0.2) is 0 Å². The second kappa shape index (κ2) is 7.14. The summed E-state index contributed by atoms with van der Waals surface area (Å²) in [5, 5.41) is 6.31. The van der Waals surface area contributed by atoms with Gasteiger partial charge < -0.3 is 10.6 Å². The van der Waals surface area contributed by atoms with E-state index in [1.165, 1.54) is 6.42 Å². The van der Waals surface area contributed by atoms with Gasteiger partial charge in [0.25, 0.3) is 0 Å². The molecule has 22 heavy (non-hydrogen) atoms. The highest BCUT2D eigenvalue weighted by atomic mass is 35.5. The van der Waals surface area contributed by atoms with E-state index in [0.717, 1.165) is 25.7 Å². The predicted octanol–water partition coefficient (Wildman–Crippen LogP) is 3.75. The van der Waals surface area contributed by atoms with Gasteiger partial charge in [0.1, 0.15) is 5.41 Å². The Kier molecular flexibility index (Phi) is 5.46. The van der Waals surface area contributed by atoms with Gasteiger partial charge in [0.05, 0.1) is 0 Å². The number of carbonyl (C=O) groups excluding carboxylic acids is 2. The lowest BCUT2D eigenvalue weighted by Gasteiger charge is -2.28. The molecule has 0 radical (unpaired) electrons. The molecule has 1 fully saturated rings. The van der Waals surface area contributed by atoms with Crippen LogP contribution < -0.4 is 10.6 Å². The van der Waals surface area contributed by atoms with Crippen LogP contribution in [0.1, 0.15) is 46.0 Å². The molecule has 120 valence electrons. The third-order valence-electron chi connectivity index (χ3n) is 4.16. The molecule has 1 aliphatic carbocycles. The fraction of sp³-hybridized carbons (Fsp3) is 0.529. The van der Waals surface area contributed by atoms with Gasteiger partial charge in [0.15, 0.2) is 0 Å². The summed E-state index contributed by atoms with van der Waals surface area (Å²) in [4.78, 5) is 24.8. The molecule has 4 nitrogen and oxygen atoms in total. The van der Waals surface area contributed by atoms with Crippen molar-refractivity contribution in [2.24, 2.45) is 5.41 Å². The van der Waals surface area contributed by atoms with Gasteiger partial charge in [-0.05, 0) is 44.9 Å². The van der Waals surface area contributed by atoms with Crippen LogP contribution in [0.4, 0.5) is 5.69 Å². The first-order valence-corrected chi connectivity index (χ1v) is 8.15. The molecule has 0 heterocycles. The molecule has 5 heteroatoms. The summed E-state index contributed by atoms with van der Waals surface area (Å²) < 4.78 is 0. The van der Waals surface area contributed by atoms with Gasteiger partial charge >= 0.3 is 0 Å². The molecular formula is C17H23ClN2O2. The first-order chi connectivity index (χ1) is 10.4. The highest BCUT2D eigenvalue weighted by Gasteiger charge is 2.37. The Bertz CT molecular complexity index is 551. The van der Waals surface area contributed by atoms with E-state index >= 15 is 0 Å². The maximum atomic E-state index is 12.4. The van der Waals surface area contributed by atoms with Gasteiger partial charge in [0.2, 0.25) is 11.8 Å². The molecule has 0 unspecified atom stereocenters. The SMILES string of the molecule is CC(C)(C(=O)Nc1cccc(Cl)c1)C(=O)NC1CCCCC1. The molecular weight excluding hydrogens is 300 g/mol. The van der Waals surface area contributed by atoms with E-state index < -0.39 is 5.41 Å². The molecule has 2 amide bonds. The molecule has 1 aliphatic rings. The summed E-state index contributed by atoms with van der Waals surface area (Å²) in [7, 11) is 0. The van der Waals surface area contributed by atoms with Gasteiger partial charge in [-0.2, -0.15) is 0 Å². The molecule has 0 spiro atoms. The monoisotopic (exact) mass is 322 g/mol. The number of amides is 2. The van der Waals surface area contributed by atoms with Crippen LogP contribution in [-0.2, 0) is 9.59 Å². The quantitative estimate of drug-likeness (QED) is 0.829. The van der Waals surface area contributed by atoms with Crippen molar-refractivity contribution < 1.29 is 9.59 Å². The molecule has 1 saturated carbocycles. The topological polar surface area (TPSA) is 58.2 Å². The van der Waals surface area contributed by atoms with Crippen LogP contribution in [-0.4, -0.2) is 17.9 Å². The summed E-state index contributed by atoms with van der Waals surface area (Å²) in [6, 6.07) is 7.10. The lowest BCUT2D eigenvalue weighted by molar-refractivity contribution is -0.139. The van der Waals surface area contributed by atoms with E-state index in [4.69, 9.17) is 11.6 Å². The fourth-order valence-electron chi connectivity index (χ4n) is 2.57. The minimum atomic E-state index is -1.13. The Morgan fingerprint density at radius 1 is 1.14 bits per heavy atom. The summed E-state index contributed by atoms with van der Waals surface area (Å²) in [5.41, 5.74) is -0.532. The second-order valence-corrected chi connectivity index (χ2v) is 6.83. The van der Waals surface area contributed by atoms with Crippen molar-refractivity contribution in [2.45, 2.75) is 52.0 Å². The van der Waals surface area contributed by atoms with E-state index in [2.05, 4.69) is 10.6 Å². The van der Waals surface area contributed by atoms with Crippen LogP contribution >= 0.6 is 11.6 Å². The van der Waals surface area contributed by atoms with Crippen LogP contribution in [0.25, 0.3) is 0 Å². The molecule has 0 aliphatic heterocycles. The maximum absolute atomic E-state index is 12.4. The van der Waals surface area contributed by atoms with Crippen molar-refractivity contribution >= 4 is 29.1 Å². The third kappa shape index (κ3) is 4.23. The van der Waals surface area contributed by atoms with E-state index in [9.17, 15) is 9.59 Å². The zero-order valence-electron chi connectivity index (χ0n) is 13.1. The number of carbonyl (C=O) groups is 2. The molecule has 2 N–H and O–H groups in total. The first kappa shape index (κ1) is 16.8. The lowest BCUT2D eigenvalue weighted by Crippen LogP contribution is -2.49. The summed E-state index contributed by atoms with van der Waals surface area (Å²) >= 11 is 5.90. The molecule has 0 aromatic heterocycles. The van der Waals surface area contributed by atoms with Gasteiger partial charge in [-0.3, -0.25) is 9.59 Å². The smallest absolute Gasteiger partial charge is 0.239 e. The molecule has 1 aromatic carbocycles. The average molecular weight is 323 g/mol. The van der Waals surface area contributed by atoms with E-state index in [0.29, 0.717) is 10.7 Å². The van der Waals surface area contributed by atoms with Crippen molar-refractivity contribution in [1.29, 1.82) is 0 Å². The number of nitrogens with one attached hydrogen (secondary N) is 2. The van der Waals surface area contributed by atoms with Crippen LogP contribution in [0.3, 0.4) is 0 Å². The van der Waals surface area contributed by atoms with Crippen molar-refractivity contribution in [3.05, 3.63) is 29.3 Å². The fourth-order valence-corrected chi connectivity index (χ4v) is 2.76. The number of hydrogen-bond donors (Lipinski definition) is 2. The van der Waals surface area contributed by atoms with Gasteiger partial charge in [-0.15, -0.1) is 0 Å². The first-order valence-electron chi connectivity index (χ1n) is 7.77. The standard InChI is InChI=1S/C17H23ClN2O2/c1-17(2,15(21)19-13-8-4-3-5-9-13)16(22)20-14-10-6-7-12(18)11-14/h6-7,10-11,13H,3-5,8-9H2,1-2H3,(H,19,21)(H,20,22). The molecule has 2 rings (SSSR count). The minimum Gasteiger partial charge on any atom is -0.352 e. The normalized spacial score (nSPS) is 16.1. The lowest BCUT2D eigenvalue weighted by atomic mass is 9.88. The Labute approximate surface area is 136 Å². The molecule has 0 saturated heterocycles. The van der Waals surface area contributed by atoms with Crippen molar-refractivity contribution in [3.8, 4) is 0 Å². The Morgan fingerprint density at radius 2 is 1.82 bits per heavy atom. The van der Waals surface area contributed by atoms with E-state index in [1.54, 1.807) is 38.1 Å². The zero-order valence-corrected chi connectivity index (χ0v) is 13.9. The number of benzene rings is 1. The predicted molar refractivity (Wildman–Crippen MR) is 88.9 cm³/mol. The van der Waals surface area contributed by atoms with Gasteiger partial charge in [0, 0.05) is 16.8 Å². The number of anilines is 1. The number of rotatable bonds is 4. The van der Waals surface area contributed by atoms with Crippen LogP contribution in [0.15, 0.2) is 24.3 Å². The van der Waals surface area contributed by atoms with Crippen LogP contribution in [0, 0.1) is 5.41 Å². The van der Waals surface area contributed by atoms with Gasteiger partial charge in [-0.1, -0.05) is 36.9 Å². The molecule has 1 aromatic rings. The third-order valence-corrected chi connectivity index (χ3v) is 4.39. The summed E-state index contributed by atoms with van der Waals surface area (Å²) in [6.07, 6.45) is 5.50. The van der Waals surface area contributed by atoms with Crippen molar-refractivity contribution in [3.63, 3.8) is 0 Å². The number of halogens is 1. The Morgan fingerprint density at radius 3 is 2.45 bits per heavy atom. The second-order valence-electron chi connectivity index (χ2n) is 6.40. The summed E-state index contributed by atoms with van der Waals surface area (Å²) in [6.45, 7) is 3.29. The maximum Gasteiger partial charge on any atom is 0.239 e.